The highest BCUT2D eigenvalue weighted by molar-refractivity contribution is 5.86. The first-order chi connectivity index (χ1) is 9.46. The van der Waals surface area contributed by atoms with Crippen molar-refractivity contribution in [1.82, 2.24) is 4.90 Å². The molecule has 1 aliphatic heterocycles. The zero-order valence-corrected chi connectivity index (χ0v) is 12.6. The van der Waals surface area contributed by atoms with Crippen LogP contribution in [0.25, 0.3) is 0 Å². The summed E-state index contributed by atoms with van der Waals surface area (Å²) in [7, 11) is 0. The molecule has 0 aromatic heterocycles. The minimum atomic E-state index is -0.271. The van der Waals surface area contributed by atoms with Crippen molar-refractivity contribution in [3.63, 3.8) is 0 Å². The van der Waals surface area contributed by atoms with Crippen molar-refractivity contribution >= 4 is 11.7 Å². The van der Waals surface area contributed by atoms with E-state index >= 15 is 0 Å². The molecule has 114 valence electrons. The maximum atomic E-state index is 12.5. The molecule has 0 spiro atoms. The number of nitrogens with zero attached hydrogens (tertiary/aromatic N) is 2. The van der Waals surface area contributed by atoms with Crippen LogP contribution in [0.4, 0.5) is 0 Å². The number of piperidine rings is 1. The van der Waals surface area contributed by atoms with Gasteiger partial charge >= 0.3 is 0 Å². The second-order valence-electron chi connectivity index (χ2n) is 6.83. The lowest BCUT2D eigenvalue weighted by atomic mass is 9.78. The van der Waals surface area contributed by atoms with Crippen molar-refractivity contribution < 1.29 is 10.0 Å². The molecule has 1 heterocycles. The molecule has 3 N–H and O–H groups in total. The van der Waals surface area contributed by atoms with E-state index in [1.165, 1.54) is 12.8 Å². The van der Waals surface area contributed by atoms with E-state index in [9.17, 15) is 4.79 Å². The number of amidine groups is 1. The van der Waals surface area contributed by atoms with Crippen LogP contribution in [0.2, 0.25) is 0 Å². The molecule has 0 atom stereocenters. The van der Waals surface area contributed by atoms with Crippen LogP contribution in [0.1, 0.15) is 52.4 Å². The Hall–Kier alpha value is -1.26. The molecule has 1 aliphatic carbocycles. The van der Waals surface area contributed by atoms with Gasteiger partial charge in [-0.15, -0.1) is 0 Å². The largest absolute Gasteiger partial charge is 0.409 e. The fourth-order valence-electron chi connectivity index (χ4n) is 3.36. The number of carbonyl (C=O) groups excluding carboxylic acids is 1. The van der Waals surface area contributed by atoms with Crippen molar-refractivity contribution in [2.24, 2.45) is 28.1 Å². The van der Waals surface area contributed by atoms with Gasteiger partial charge in [0.2, 0.25) is 5.91 Å². The van der Waals surface area contributed by atoms with Gasteiger partial charge in [-0.25, -0.2) is 0 Å². The fourth-order valence-corrected chi connectivity index (χ4v) is 3.36. The Labute approximate surface area is 121 Å². The van der Waals surface area contributed by atoms with Gasteiger partial charge in [-0.05, 0) is 44.4 Å². The minimum Gasteiger partial charge on any atom is -0.409 e. The highest BCUT2D eigenvalue weighted by atomic mass is 16.4. The standard InChI is InChI=1S/C15H27N3O2/c1-11-3-5-12(6-4-11)13(19)18-9-7-15(2,8-10-18)14(16)17-20/h11-12,20H,3-10H2,1-2H3,(H2,16,17). The first-order valence-electron chi connectivity index (χ1n) is 7.73. The molecule has 0 bridgehead atoms. The second kappa shape index (κ2) is 6.02. The summed E-state index contributed by atoms with van der Waals surface area (Å²) in [5.41, 5.74) is 5.49. The molecule has 0 unspecified atom stereocenters. The van der Waals surface area contributed by atoms with Gasteiger partial charge in [0.25, 0.3) is 0 Å². The van der Waals surface area contributed by atoms with E-state index in [1.54, 1.807) is 0 Å². The van der Waals surface area contributed by atoms with Crippen LogP contribution in [0.15, 0.2) is 5.16 Å². The maximum absolute atomic E-state index is 12.5. The predicted molar refractivity (Wildman–Crippen MR) is 78.5 cm³/mol. The van der Waals surface area contributed by atoms with E-state index < -0.39 is 0 Å². The Morgan fingerprint density at radius 3 is 2.30 bits per heavy atom. The van der Waals surface area contributed by atoms with E-state index in [-0.39, 0.29) is 17.2 Å². The van der Waals surface area contributed by atoms with Gasteiger partial charge in [0.05, 0.1) is 0 Å². The molecular formula is C15H27N3O2. The minimum absolute atomic E-state index is 0.222. The van der Waals surface area contributed by atoms with Crippen molar-refractivity contribution in [2.45, 2.75) is 52.4 Å². The van der Waals surface area contributed by atoms with Gasteiger partial charge in [-0.3, -0.25) is 4.79 Å². The molecule has 0 aromatic carbocycles. The summed E-state index contributed by atoms with van der Waals surface area (Å²) in [5, 5.41) is 12.0. The summed E-state index contributed by atoms with van der Waals surface area (Å²) in [6, 6.07) is 0. The lowest BCUT2D eigenvalue weighted by molar-refractivity contribution is -0.138. The highest BCUT2D eigenvalue weighted by Gasteiger charge is 2.37. The molecule has 20 heavy (non-hydrogen) atoms. The number of amides is 1. The van der Waals surface area contributed by atoms with E-state index in [2.05, 4.69) is 12.1 Å². The molecule has 5 nitrogen and oxygen atoms in total. The van der Waals surface area contributed by atoms with Crippen molar-refractivity contribution in [1.29, 1.82) is 0 Å². The zero-order chi connectivity index (χ0) is 14.8. The molecule has 2 aliphatic rings. The topological polar surface area (TPSA) is 78.9 Å². The highest BCUT2D eigenvalue weighted by Crippen LogP contribution is 2.34. The molecule has 2 rings (SSSR count). The summed E-state index contributed by atoms with van der Waals surface area (Å²) >= 11 is 0. The molecule has 1 amide bonds. The normalized spacial score (nSPS) is 31.1. The number of rotatable bonds is 2. The molecular weight excluding hydrogens is 254 g/mol. The third kappa shape index (κ3) is 3.07. The third-order valence-corrected chi connectivity index (χ3v) is 5.27. The number of carbonyl (C=O) groups is 1. The fraction of sp³-hybridized carbons (Fsp3) is 0.867. The summed E-state index contributed by atoms with van der Waals surface area (Å²) in [4.78, 5) is 14.5. The lowest BCUT2D eigenvalue weighted by Crippen LogP contribution is -2.49. The lowest BCUT2D eigenvalue weighted by Gasteiger charge is -2.40. The Kier molecular flexibility index (Phi) is 4.55. The van der Waals surface area contributed by atoms with Crippen molar-refractivity contribution in [2.75, 3.05) is 13.1 Å². The zero-order valence-electron chi connectivity index (χ0n) is 12.6. The van der Waals surface area contributed by atoms with E-state index in [0.29, 0.717) is 5.91 Å². The number of hydrogen-bond donors (Lipinski definition) is 2. The molecule has 0 radical (unpaired) electrons. The average molecular weight is 281 g/mol. The van der Waals surface area contributed by atoms with E-state index in [0.717, 1.165) is 44.7 Å². The number of oxime groups is 1. The predicted octanol–water partition coefficient (Wildman–Crippen LogP) is 2.19. The van der Waals surface area contributed by atoms with Gasteiger partial charge in [-0.1, -0.05) is 19.0 Å². The summed E-state index contributed by atoms with van der Waals surface area (Å²) < 4.78 is 0. The smallest absolute Gasteiger partial charge is 0.225 e. The average Bonchev–Trinajstić information content (AvgIpc) is 2.47. The molecule has 2 fully saturated rings. The van der Waals surface area contributed by atoms with Crippen LogP contribution in [-0.4, -0.2) is 34.9 Å². The maximum Gasteiger partial charge on any atom is 0.225 e. The van der Waals surface area contributed by atoms with Gasteiger partial charge in [0, 0.05) is 24.4 Å². The van der Waals surface area contributed by atoms with E-state index in [1.807, 2.05) is 11.8 Å². The van der Waals surface area contributed by atoms with Gasteiger partial charge in [-0.2, -0.15) is 0 Å². The van der Waals surface area contributed by atoms with Crippen LogP contribution < -0.4 is 5.73 Å². The van der Waals surface area contributed by atoms with Crippen LogP contribution in [0.3, 0.4) is 0 Å². The van der Waals surface area contributed by atoms with E-state index in [4.69, 9.17) is 10.9 Å². The SMILES string of the molecule is CC1CCC(C(=O)N2CCC(C)(C(N)=NO)CC2)CC1. The first-order valence-corrected chi connectivity index (χ1v) is 7.73. The molecule has 0 aromatic rings. The van der Waals surface area contributed by atoms with Gasteiger partial charge < -0.3 is 15.8 Å². The quantitative estimate of drug-likeness (QED) is 0.352. The Morgan fingerprint density at radius 1 is 1.25 bits per heavy atom. The van der Waals surface area contributed by atoms with Crippen LogP contribution in [-0.2, 0) is 4.79 Å². The van der Waals surface area contributed by atoms with Crippen LogP contribution >= 0.6 is 0 Å². The van der Waals surface area contributed by atoms with Crippen LogP contribution in [0.5, 0.6) is 0 Å². The van der Waals surface area contributed by atoms with Gasteiger partial charge in [0.1, 0.15) is 5.84 Å². The molecule has 1 saturated carbocycles. The Morgan fingerprint density at radius 2 is 1.80 bits per heavy atom. The van der Waals surface area contributed by atoms with Crippen molar-refractivity contribution in [3.8, 4) is 0 Å². The summed E-state index contributed by atoms with van der Waals surface area (Å²) in [6.45, 7) is 5.71. The number of nitrogens with two attached hydrogens (primary N) is 1. The number of likely N-dealkylation sites (tertiary alicyclic amines) is 1. The first kappa shape index (κ1) is 15.1. The second-order valence-corrected chi connectivity index (χ2v) is 6.83. The summed E-state index contributed by atoms with van der Waals surface area (Å²) in [6.07, 6.45) is 5.97. The third-order valence-electron chi connectivity index (χ3n) is 5.27. The van der Waals surface area contributed by atoms with Gasteiger partial charge in [0.15, 0.2) is 0 Å². The number of hydrogen-bond acceptors (Lipinski definition) is 3. The van der Waals surface area contributed by atoms with Crippen LogP contribution in [0, 0.1) is 17.3 Å². The Bertz CT molecular complexity index is 379. The molecule has 5 heteroatoms. The summed E-state index contributed by atoms with van der Waals surface area (Å²) in [5.74, 6) is 1.60. The van der Waals surface area contributed by atoms with Crippen molar-refractivity contribution in [3.05, 3.63) is 0 Å². The Balaban J connectivity index is 1.89. The monoisotopic (exact) mass is 281 g/mol. The molecule has 1 saturated heterocycles.